The van der Waals surface area contributed by atoms with Crippen molar-refractivity contribution < 1.29 is 0 Å². The van der Waals surface area contributed by atoms with Crippen molar-refractivity contribution in [2.45, 2.75) is 12.5 Å². The fourth-order valence-electron chi connectivity index (χ4n) is 1.78. The second-order valence-corrected chi connectivity index (χ2v) is 5.25. The molecular weight excluding hydrogens is 298 g/mol. The summed E-state index contributed by atoms with van der Waals surface area (Å²) in [5.41, 5.74) is 8.52. The lowest BCUT2D eigenvalue weighted by Gasteiger charge is -2.14. The second-order valence-electron chi connectivity index (χ2n) is 3.96. The lowest BCUT2D eigenvalue weighted by Crippen LogP contribution is -2.13. The van der Waals surface area contributed by atoms with Gasteiger partial charge in [0, 0.05) is 15.5 Å². The molecule has 3 heteroatoms. The first-order valence-corrected chi connectivity index (χ1v) is 6.58. The van der Waals surface area contributed by atoms with Gasteiger partial charge in [0.15, 0.2) is 0 Å². The Bertz CT molecular complexity index is 499. The molecule has 1 unspecified atom stereocenters. The Morgan fingerprint density at radius 1 is 1.12 bits per heavy atom. The van der Waals surface area contributed by atoms with Gasteiger partial charge >= 0.3 is 0 Å². The van der Waals surface area contributed by atoms with Gasteiger partial charge in [-0.2, -0.15) is 0 Å². The van der Waals surface area contributed by atoms with Crippen LogP contribution in [0.2, 0.25) is 5.02 Å². The van der Waals surface area contributed by atoms with E-state index in [0.717, 1.165) is 16.5 Å². The van der Waals surface area contributed by atoms with Crippen molar-refractivity contribution in [1.29, 1.82) is 0 Å². The maximum Gasteiger partial charge on any atom is 0.0417 e. The molecule has 2 N–H and O–H groups in total. The quantitative estimate of drug-likeness (QED) is 0.896. The average molecular weight is 311 g/mol. The van der Waals surface area contributed by atoms with Crippen LogP contribution in [-0.2, 0) is 6.42 Å². The minimum absolute atomic E-state index is 0.0240. The predicted molar refractivity (Wildman–Crippen MR) is 76.2 cm³/mol. The molecule has 0 radical (unpaired) electrons. The highest BCUT2D eigenvalue weighted by molar-refractivity contribution is 9.10. The van der Waals surface area contributed by atoms with E-state index in [9.17, 15) is 0 Å². The highest BCUT2D eigenvalue weighted by Gasteiger charge is 2.10. The molecule has 0 aliphatic rings. The fraction of sp³-hybridized carbons (Fsp3) is 0.143. The summed E-state index contributed by atoms with van der Waals surface area (Å²) in [5.74, 6) is 0. The normalized spacial score (nSPS) is 12.4. The molecule has 17 heavy (non-hydrogen) atoms. The van der Waals surface area contributed by atoms with Crippen LogP contribution in [0.1, 0.15) is 17.2 Å². The van der Waals surface area contributed by atoms with E-state index in [0.29, 0.717) is 5.02 Å². The average Bonchev–Trinajstić information content (AvgIpc) is 2.30. The summed E-state index contributed by atoms with van der Waals surface area (Å²) in [6, 6.07) is 15.9. The smallest absolute Gasteiger partial charge is 0.0417 e. The van der Waals surface area contributed by atoms with Gasteiger partial charge in [-0.1, -0.05) is 63.9 Å². The molecule has 2 aromatic rings. The Labute approximate surface area is 115 Å². The Balaban J connectivity index is 2.17. The van der Waals surface area contributed by atoms with Crippen LogP contribution in [-0.4, -0.2) is 0 Å². The Hall–Kier alpha value is -0.830. The minimum atomic E-state index is -0.0240. The van der Waals surface area contributed by atoms with Crippen LogP contribution in [0.5, 0.6) is 0 Å². The van der Waals surface area contributed by atoms with Gasteiger partial charge in [0.1, 0.15) is 0 Å². The molecule has 0 spiro atoms. The zero-order valence-electron chi connectivity index (χ0n) is 9.24. The van der Waals surface area contributed by atoms with Crippen LogP contribution in [0.3, 0.4) is 0 Å². The first-order valence-electron chi connectivity index (χ1n) is 5.41. The van der Waals surface area contributed by atoms with Crippen molar-refractivity contribution in [3.8, 4) is 0 Å². The van der Waals surface area contributed by atoms with Crippen molar-refractivity contribution in [3.63, 3.8) is 0 Å². The molecule has 1 atom stereocenters. The summed E-state index contributed by atoms with van der Waals surface area (Å²) in [6.07, 6.45) is 0.821. The van der Waals surface area contributed by atoms with E-state index in [-0.39, 0.29) is 6.04 Å². The van der Waals surface area contributed by atoms with Crippen LogP contribution < -0.4 is 5.73 Å². The van der Waals surface area contributed by atoms with Crippen molar-refractivity contribution in [2.24, 2.45) is 5.73 Å². The maximum atomic E-state index is 6.20. The van der Waals surface area contributed by atoms with Crippen molar-refractivity contribution in [1.82, 2.24) is 0 Å². The molecule has 0 aliphatic heterocycles. The molecule has 0 saturated carbocycles. The lowest BCUT2D eigenvalue weighted by molar-refractivity contribution is 0.718. The molecule has 0 fully saturated rings. The van der Waals surface area contributed by atoms with Crippen molar-refractivity contribution in [3.05, 3.63) is 69.2 Å². The van der Waals surface area contributed by atoms with Crippen LogP contribution >= 0.6 is 27.5 Å². The third kappa shape index (κ3) is 3.32. The molecule has 88 valence electrons. The number of hydrogen-bond donors (Lipinski definition) is 1. The molecule has 0 amide bonds. The van der Waals surface area contributed by atoms with Gasteiger partial charge in [-0.05, 0) is 29.7 Å². The molecule has 0 bridgehead atoms. The zero-order chi connectivity index (χ0) is 12.3. The van der Waals surface area contributed by atoms with Gasteiger partial charge in [-0.3, -0.25) is 0 Å². The number of nitrogens with two attached hydrogens (primary N) is 1. The molecule has 0 aliphatic carbocycles. The number of rotatable bonds is 3. The van der Waals surface area contributed by atoms with Gasteiger partial charge in [-0.15, -0.1) is 0 Å². The van der Waals surface area contributed by atoms with Crippen LogP contribution in [0, 0.1) is 0 Å². The van der Waals surface area contributed by atoms with E-state index < -0.39 is 0 Å². The number of benzene rings is 2. The summed E-state index contributed by atoms with van der Waals surface area (Å²) >= 11 is 9.41. The van der Waals surface area contributed by atoms with Gasteiger partial charge in [-0.25, -0.2) is 0 Å². The van der Waals surface area contributed by atoms with Crippen LogP contribution in [0.15, 0.2) is 53.0 Å². The van der Waals surface area contributed by atoms with Crippen molar-refractivity contribution in [2.75, 3.05) is 0 Å². The first-order chi connectivity index (χ1) is 8.16. The Kier molecular flexibility index (Phi) is 4.21. The predicted octanol–water partition coefficient (Wildman–Crippen LogP) is 4.35. The summed E-state index contributed by atoms with van der Waals surface area (Å²) in [7, 11) is 0. The summed E-state index contributed by atoms with van der Waals surface area (Å²) < 4.78 is 0.966. The van der Waals surface area contributed by atoms with E-state index in [4.69, 9.17) is 17.3 Å². The third-order valence-corrected chi connectivity index (χ3v) is 3.58. The van der Waals surface area contributed by atoms with Gasteiger partial charge < -0.3 is 5.73 Å². The fourth-order valence-corrected chi connectivity index (χ4v) is 2.76. The molecule has 0 saturated heterocycles. The minimum Gasteiger partial charge on any atom is -0.324 e. The highest BCUT2D eigenvalue weighted by Crippen LogP contribution is 2.27. The molecular formula is C14H13BrClN. The molecule has 2 rings (SSSR count). The Morgan fingerprint density at radius 3 is 2.47 bits per heavy atom. The maximum absolute atomic E-state index is 6.20. The van der Waals surface area contributed by atoms with Gasteiger partial charge in [0.25, 0.3) is 0 Å². The third-order valence-electron chi connectivity index (χ3n) is 2.66. The summed E-state index contributed by atoms with van der Waals surface area (Å²) in [5, 5.41) is 0.715. The van der Waals surface area contributed by atoms with E-state index >= 15 is 0 Å². The van der Waals surface area contributed by atoms with Crippen LogP contribution in [0.4, 0.5) is 0 Å². The number of halogens is 2. The standard InChI is InChI=1S/C14H13BrClN/c15-13-9-11(16)6-7-12(13)14(17)8-10-4-2-1-3-5-10/h1-7,9,14H,8,17H2. The van der Waals surface area contributed by atoms with E-state index in [1.165, 1.54) is 5.56 Å². The molecule has 1 nitrogen and oxygen atoms in total. The SMILES string of the molecule is NC(Cc1ccccc1)c1ccc(Cl)cc1Br. The summed E-state index contributed by atoms with van der Waals surface area (Å²) in [6.45, 7) is 0. The van der Waals surface area contributed by atoms with Gasteiger partial charge in [0.05, 0.1) is 0 Å². The van der Waals surface area contributed by atoms with Crippen LogP contribution in [0.25, 0.3) is 0 Å². The van der Waals surface area contributed by atoms with Gasteiger partial charge in [0.2, 0.25) is 0 Å². The lowest BCUT2D eigenvalue weighted by atomic mass is 10.00. The zero-order valence-corrected chi connectivity index (χ0v) is 11.6. The molecule has 2 aromatic carbocycles. The Morgan fingerprint density at radius 2 is 1.82 bits per heavy atom. The molecule has 0 aromatic heterocycles. The highest BCUT2D eigenvalue weighted by atomic mass is 79.9. The monoisotopic (exact) mass is 309 g/mol. The second kappa shape index (κ2) is 5.67. The largest absolute Gasteiger partial charge is 0.324 e. The first kappa shape index (κ1) is 12.6. The summed E-state index contributed by atoms with van der Waals surface area (Å²) in [4.78, 5) is 0. The number of hydrogen-bond acceptors (Lipinski definition) is 1. The topological polar surface area (TPSA) is 26.0 Å². The van der Waals surface area contributed by atoms with E-state index in [1.807, 2.05) is 36.4 Å². The van der Waals surface area contributed by atoms with E-state index in [2.05, 4.69) is 28.1 Å². The van der Waals surface area contributed by atoms with Crippen molar-refractivity contribution >= 4 is 27.5 Å². The molecule has 0 heterocycles. The van der Waals surface area contributed by atoms with E-state index in [1.54, 1.807) is 0 Å².